The summed E-state index contributed by atoms with van der Waals surface area (Å²) in [6.07, 6.45) is 4.70. The third kappa shape index (κ3) is 4.71. The molecule has 34 heavy (non-hydrogen) atoms. The van der Waals surface area contributed by atoms with Crippen LogP contribution in [-0.4, -0.2) is 29.9 Å². The zero-order chi connectivity index (χ0) is 24.5. The molecule has 0 saturated carbocycles. The molecule has 0 aliphatic rings. The molecule has 0 bridgehead atoms. The molecule has 0 spiro atoms. The summed E-state index contributed by atoms with van der Waals surface area (Å²) in [5, 5.41) is 7.19. The first kappa shape index (κ1) is 23.2. The van der Waals surface area contributed by atoms with Crippen LogP contribution in [0.3, 0.4) is 0 Å². The fourth-order valence-electron chi connectivity index (χ4n) is 3.90. The van der Waals surface area contributed by atoms with Crippen molar-refractivity contribution in [2.45, 2.75) is 39.5 Å². The second-order valence-corrected chi connectivity index (χ2v) is 9.26. The molecule has 0 saturated heterocycles. The molecule has 3 aromatic heterocycles. The Balaban J connectivity index is 1.47. The van der Waals surface area contributed by atoms with Crippen molar-refractivity contribution in [2.75, 3.05) is 13.1 Å². The number of amides is 2. The lowest BCUT2D eigenvalue weighted by Gasteiger charge is -2.16. The summed E-state index contributed by atoms with van der Waals surface area (Å²) in [4.78, 5) is 41.0. The van der Waals surface area contributed by atoms with Gasteiger partial charge in [0.25, 0.3) is 5.91 Å². The van der Waals surface area contributed by atoms with E-state index in [1.165, 1.54) is 12.4 Å². The first-order chi connectivity index (χ1) is 16.1. The zero-order valence-corrected chi connectivity index (χ0v) is 19.7. The van der Waals surface area contributed by atoms with Gasteiger partial charge in [0.15, 0.2) is 0 Å². The van der Waals surface area contributed by atoms with Crippen molar-refractivity contribution in [3.05, 3.63) is 75.6 Å². The van der Waals surface area contributed by atoms with E-state index in [4.69, 9.17) is 8.83 Å². The molecule has 176 valence electrons. The first-order valence-corrected chi connectivity index (χ1v) is 11.1. The maximum absolute atomic E-state index is 12.6. The number of fused-ring (bicyclic) bond motifs is 2. The molecule has 0 fully saturated rings. The van der Waals surface area contributed by atoms with E-state index in [9.17, 15) is 14.4 Å². The van der Waals surface area contributed by atoms with E-state index < -0.39 is 5.63 Å². The molecular weight excluding hydrogens is 434 g/mol. The Labute approximate surface area is 196 Å². The number of carbonyl (C=O) groups excluding carboxylic acids is 2. The highest BCUT2D eigenvalue weighted by atomic mass is 16.4. The van der Waals surface area contributed by atoms with Crippen molar-refractivity contribution in [3.63, 3.8) is 0 Å². The van der Waals surface area contributed by atoms with Gasteiger partial charge >= 0.3 is 5.63 Å². The van der Waals surface area contributed by atoms with Crippen molar-refractivity contribution in [1.82, 2.24) is 15.6 Å². The van der Waals surface area contributed by atoms with Crippen LogP contribution in [0.2, 0.25) is 0 Å². The van der Waals surface area contributed by atoms with Crippen molar-refractivity contribution >= 4 is 33.8 Å². The van der Waals surface area contributed by atoms with E-state index >= 15 is 0 Å². The zero-order valence-electron chi connectivity index (χ0n) is 19.7. The molecular formula is C26H27N3O5. The van der Waals surface area contributed by atoms with Crippen LogP contribution in [0.25, 0.3) is 21.9 Å². The SMILES string of the molecule is Cc1c(CC(=O)NCCNC(=O)c2ccncc2)c(=O)oc2cc3occ(C(C)(C)C)c3cc12. The largest absolute Gasteiger partial charge is 0.464 e. The van der Waals surface area contributed by atoms with Crippen molar-refractivity contribution < 1.29 is 18.4 Å². The second-order valence-electron chi connectivity index (χ2n) is 9.26. The van der Waals surface area contributed by atoms with E-state index in [-0.39, 0.29) is 36.7 Å². The Morgan fingerprint density at radius 1 is 1.00 bits per heavy atom. The normalized spacial score (nSPS) is 11.6. The predicted octanol–water partition coefficient (Wildman–Crippen LogP) is 3.63. The molecule has 1 aromatic carbocycles. The number of benzene rings is 1. The lowest BCUT2D eigenvalue weighted by atomic mass is 9.86. The van der Waals surface area contributed by atoms with E-state index in [2.05, 4.69) is 36.4 Å². The first-order valence-electron chi connectivity index (χ1n) is 11.1. The molecule has 0 aliphatic carbocycles. The van der Waals surface area contributed by atoms with Crippen LogP contribution in [0.4, 0.5) is 0 Å². The number of rotatable bonds is 6. The summed E-state index contributed by atoms with van der Waals surface area (Å²) < 4.78 is 11.2. The van der Waals surface area contributed by atoms with Gasteiger partial charge in [-0.2, -0.15) is 0 Å². The summed E-state index contributed by atoms with van der Waals surface area (Å²) in [5.74, 6) is -0.574. The molecule has 4 aromatic rings. The maximum atomic E-state index is 12.6. The number of aryl methyl sites for hydroxylation is 1. The van der Waals surface area contributed by atoms with Gasteiger partial charge in [0.1, 0.15) is 11.2 Å². The lowest BCUT2D eigenvalue weighted by molar-refractivity contribution is -0.120. The number of pyridine rings is 1. The average molecular weight is 462 g/mol. The minimum absolute atomic E-state index is 0.113. The molecule has 0 atom stereocenters. The Morgan fingerprint density at radius 2 is 1.71 bits per heavy atom. The molecule has 4 rings (SSSR count). The Bertz CT molecular complexity index is 1430. The highest BCUT2D eigenvalue weighted by molar-refractivity contribution is 5.97. The number of hydrogen-bond donors (Lipinski definition) is 2. The smallest absolute Gasteiger partial charge is 0.340 e. The number of nitrogens with one attached hydrogen (secondary N) is 2. The van der Waals surface area contributed by atoms with E-state index in [1.807, 2.05) is 13.0 Å². The van der Waals surface area contributed by atoms with E-state index in [0.717, 1.165) is 16.3 Å². The molecule has 2 N–H and O–H groups in total. The van der Waals surface area contributed by atoms with E-state index in [1.54, 1.807) is 24.5 Å². The van der Waals surface area contributed by atoms with E-state index in [0.29, 0.717) is 27.9 Å². The Kier molecular flexibility index (Phi) is 6.24. The number of aromatic nitrogens is 1. The second kappa shape index (κ2) is 9.13. The molecule has 8 nitrogen and oxygen atoms in total. The van der Waals surface area contributed by atoms with Crippen LogP contribution in [0.5, 0.6) is 0 Å². The predicted molar refractivity (Wildman–Crippen MR) is 129 cm³/mol. The number of carbonyl (C=O) groups is 2. The van der Waals surface area contributed by atoms with Crippen molar-refractivity contribution in [1.29, 1.82) is 0 Å². The van der Waals surface area contributed by atoms with Gasteiger partial charge in [-0.1, -0.05) is 20.8 Å². The molecule has 2 amide bonds. The van der Waals surface area contributed by atoms with Gasteiger partial charge in [-0.05, 0) is 36.1 Å². The topological polar surface area (TPSA) is 114 Å². The highest BCUT2D eigenvalue weighted by Crippen LogP contribution is 2.35. The van der Waals surface area contributed by atoms with Gasteiger partial charge in [0.2, 0.25) is 5.91 Å². The fourth-order valence-corrected chi connectivity index (χ4v) is 3.90. The summed E-state index contributed by atoms with van der Waals surface area (Å²) >= 11 is 0. The fraction of sp³-hybridized carbons (Fsp3) is 0.308. The molecule has 0 unspecified atom stereocenters. The molecule has 0 radical (unpaired) electrons. The van der Waals surface area contributed by atoms with Gasteiger partial charge in [-0.25, -0.2) is 4.79 Å². The quantitative estimate of drug-likeness (QED) is 0.335. The minimum atomic E-state index is -0.548. The molecule has 3 heterocycles. The van der Waals surface area contributed by atoms with Gasteiger partial charge < -0.3 is 19.5 Å². The summed E-state index contributed by atoms with van der Waals surface area (Å²) in [6, 6.07) is 6.90. The molecule has 8 heteroatoms. The van der Waals surface area contributed by atoms with Crippen LogP contribution >= 0.6 is 0 Å². The Hall–Kier alpha value is -3.94. The lowest BCUT2D eigenvalue weighted by Crippen LogP contribution is -2.36. The maximum Gasteiger partial charge on any atom is 0.340 e. The number of hydrogen-bond acceptors (Lipinski definition) is 6. The molecule has 0 aliphatic heterocycles. The van der Waals surface area contributed by atoms with Crippen LogP contribution in [0.15, 0.2) is 56.6 Å². The van der Waals surface area contributed by atoms with Crippen LogP contribution in [0.1, 0.15) is 47.8 Å². The van der Waals surface area contributed by atoms with Crippen molar-refractivity contribution in [2.24, 2.45) is 0 Å². The third-order valence-electron chi connectivity index (χ3n) is 5.80. The monoisotopic (exact) mass is 461 g/mol. The van der Waals surface area contributed by atoms with Crippen LogP contribution in [-0.2, 0) is 16.6 Å². The third-order valence-corrected chi connectivity index (χ3v) is 5.80. The summed E-state index contributed by atoms with van der Waals surface area (Å²) in [5.41, 5.74) is 2.98. The van der Waals surface area contributed by atoms with Crippen LogP contribution in [0, 0.1) is 6.92 Å². The van der Waals surface area contributed by atoms with Gasteiger partial charge in [0, 0.05) is 53.4 Å². The minimum Gasteiger partial charge on any atom is -0.464 e. The van der Waals surface area contributed by atoms with Gasteiger partial charge in [-0.15, -0.1) is 0 Å². The van der Waals surface area contributed by atoms with Crippen molar-refractivity contribution in [3.8, 4) is 0 Å². The highest BCUT2D eigenvalue weighted by Gasteiger charge is 2.22. The standard InChI is InChI=1S/C26H27N3O5/c1-15-17-11-19-20(26(2,3)4)14-33-21(19)13-22(17)34-25(32)18(15)12-23(30)28-9-10-29-24(31)16-5-7-27-8-6-16/h5-8,11,13-14H,9-10,12H2,1-4H3,(H,28,30)(H,29,31). The van der Waals surface area contributed by atoms with Gasteiger partial charge in [-0.3, -0.25) is 14.6 Å². The number of nitrogens with zero attached hydrogens (tertiary/aromatic N) is 1. The summed E-state index contributed by atoms with van der Waals surface area (Å²) in [7, 11) is 0. The average Bonchev–Trinajstić information content (AvgIpc) is 3.22. The summed E-state index contributed by atoms with van der Waals surface area (Å²) in [6.45, 7) is 8.63. The number of furan rings is 1. The van der Waals surface area contributed by atoms with Crippen LogP contribution < -0.4 is 16.3 Å². The Morgan fingerprint density at radius 3 is 2.41 bits per heavy atom. The van der Waals surface area contributed by atoms with Gasteiger partial charge in [0.05, 0.1) is 18.2 Å².